The quantitative estimate of drug-likeness (QED) is 0.657. The molecule has 0 saturated carbocycles. The molecule has 0 aliphatic rings. The van der Waals surface area contributed by atoms with Gasteiger partial charge in [-0.2, -0.15) is 0 Å². The van der Waals surface area contributed by atoms with E-state index >= 15 is 0 Å². The summed E-state index contributed by atoms with van der Waals surface area (Å²) in [4.78, 5) is 25.9. The number of anilines is 1. The van der Waals surface area contributed by atoms with Crippen LogP contribution in [0.1, 0.15) is 23.6 Å². The highest BCUT2D eigenvalue weighted by Gasteiger charge is 2.24. The van der Waals surface area contributed by atoms with Crippen LogP contribution in [0.15, 0.2) is 70.3 Å². The van der Waals surface area contributed by atoms with Crippen LogP contribution in [-0.2, 0) is 19.5 Å². The number of rotatable bonds is 6. The van der Waals surface area contributed by atoms with Crippen molar-refractivity contribution in [3.8, 4) is 0 Å². The molecular weight excluding hydrogens is 286 g/mol. The number of nitrogens with zero attached hydrogens (tertiary/aromatic N) is 1. The molecule has 0 heterocycles. The molecule has 0 N–H and O–H groups in total. The lowest BCUT2D eigenvalue weighted by molar-refractivity contribution is 0.779. The summed E-state index contributed by atoms with van der Waals surface area (Å²) in [6, 6.07) is 20.0. The third-order valence-corrected chi connectivity index (χ3v) is 4.08. The molecule has 3 heteroatoms. The third-order valence-electron chi connectivity index (χ3n) is 4.08. The van der Waals surface area contributed by atoms with Gasteiger partial charge in [-0.15, -0.1) is 0 Å². The topological polar surface area (TPSA) is 37.4 Å². The second kappa shape index (κ2) is 6.61. The van der Waals surface area contributed by atoms with Gasteiger partial charge in [0.05, 0.1) is 5.69 Å². The first kappa shape index (κ1) is 15.2. The van der Waals surface area contributed by atoms with Gasteiger partial charge in [0.25, 0.3) is 0 Å². The normalized spacial score (nSPS) is 10.8. The minimum Gasteiger partial charge on any atom is -0.359 e. The lowest BCUT2D eigenvalue weighted by atomic mass is 10.0. The maximum Gasteiger partial charge on any atom is 0.249 e. The van der Waals surface area contributed by atoms with Crippen LogP contribution in [0.3, 0.4) is 0 Å². The highest BCUT2D eigenvalue weighted by Crippen LogP contribution is 2.21. The van der Waals surface area contributed by atoms with Crippen molar-refractivity contribution in [1.29, 1.82) is 0 Å². The maximum absolute atomic E-state index is 12.1. The molecule has 3 aromatic carbocycles. The molecule has 0 bridgehead atoms. The molecule has 3 aromatic rings. The van der Waals surface area contributed by atoms with Gasteiger partial charge >= 0.3 is 0 Å². The van der Waals surface area contributed by atoms with Crippen LogP contribution in [0, 0.1) is 0 Å². The highest BCUT2D eigenvalue weighted by molar-refractivity contribution is 5.59. The molecule has 23 heavy (non-hydrogen) atoms. The summed E-state index contributed by atoms with van der Waals surface area (Å²) in [6.07, 6.45) is 0.597. The van der Waals surface area contributed by atoms with Gasteiger partial charge in [0, 0.05) is 18.7 Å². The monoisotopic (exact) mass is 305 g/mol. The molecule has 0 saturated heterocycles. The number of hydrogen-bond donors (Lipinski definition) is 0. The second-order valence-electron chi connectivity index (χ2n) is 5.67. The Labute approximate surface area is 135 Å². The van der Waals surface area contributed by atoms with E-state index in [-0.39, 0.29) is 10.9 Å². The molecule has 0 aromatic heterocycles. The fraction of sp³-hybridized carbons (Fsp3) is 0.200. The van der Waals surface area contributed by atoms with Gasteiger partial charge in [0.15, 0.2) is 0 Å². The zero-order valence-electron chi connectivity index (χ0n) is 13.2. The molecule has 0 spiro atoms. The predicted molar refractivity (Wildman–Crippen MR) is 93.5 cm³/mol. The van der Waals surface area contributed by atoms with E-state index in [2.05, 4.69) is 0 Å². The molecule has 3 nitrogen and oxygen atoms in total. The molecule has 0 radical (unpaired) electrons. The van der Waals surface area contributed by atoms with E-state index in [0.717, 1.165) is 11.1 Å². The summed E-state index contributed by atoms with van der Waals surface area (Å²) in [5, 5.41) is 0. The fourth-order valence-electron chi connectivity index (χ4n) is 2.91. The Bertz CT molecular complexity index is 805. The summed E-state index contributed by atoms with van der Waals surface area (Å²) in [5.41, 5.74) is 2.81. The molecule has 0 atom stereocenters. The van der Waals surface area contributed by atoms with Crippen LogP contribution in [0.25, 0.3) is 0 Å². The zero-order valence-corrected chi connectivity index (χ0v) is 13.2. The van der Waals surface area contributed by atoms with Crippen molar-refractivity contribution in [3.05, 3.63) is 97.8 Å². The van der Waals surface area contributed by atoms with Crippen molar-refractivity contribution in [2.75, 3.05) is 4.90 Å². The van der Waals surface area contributed by atoms with Crippen molar-refractivity contribution >= 4 is 5.69 Å². The SMILES string of the molecule is CCc1c(N(Cc2ccccc2)Cc2ccccc2)c(=O)c1=O. The number of hydrogen-bond acceptors (Lipinski definition) is 3. The summed E-state index contributed by atoms with van der Waals surface area (Å²) in [7, 11) is 0. The molecule has 3 rings (SSSR count). The minimum absolute atomic E-state index is 0.325. The van der Waals surface area contributed by atoms with E-state index in [1.54, 1.807) is 0 Å². The van der Waals surface area contributed by atoms with Crippen LogP contribution < -0.4 is 15.8 Å². The second-order valence-corrected chi connectivity index (χ2v) is 5.67. The molecular formula is C20H19NO2. The van der Waals surface area contributed by atoms with Gasteiger partial charge in [-0.05, 0) is 17.5 Å². The first-order valence-electron chi connectivity index (χ1n) is 7.85. The van der Waals surface area contributed by atoms with Gasteiger partial charge in [-0.25, -0.2) is 0 Å². The molecule has 116 valence electrons. The maximum atomic E-state index is 12.1. The van der Waals surface area contributed by atoms with Crippen LogP contribution >= 0.6 is 0 Å². The summed E-state index contributed by atoms with van der Waals surface area (Å²) in [5.74, 6) is 0. The van der Waals surface area contributed by atoms with Crippen molar-refractivity contribution in [1.82, 2.24) is 0 Å². The van der Waals surface area contributed by atoms with E-state index in [1.165, 1.54) is 0 Å². The highest BCUT2D eigenvalue weighted by atomic mass is 16.2. The minimum atomic E-state index is -0.353. The predicted octanol–water partition coefficient (Wildman–Crippen LogP) is 3.05. The Morgan fingerprint density at radius 3 is 1.65 bits per heavy atom. The zero-order chi connectivity index (χ0) is 16.2. The van der Waals surface area contributed by atoms with Crippen molar-refractivity contribution < 1.29 is 0 Å². The largest absolute Gasteiger partial charge is 0.359 e. The van der Waals surface area contributed by atoms with Crippen LogP contribution in [0.2, 0.25) is 0 Å². The molecule has 0 fully saturated rings. The Balaban J connectivity index is 1.95. The third kappa shape index (κ3) is 3.09. The van der Waals surface area contributed by atoms with Crippen LogP contribution in [0.5, 0.6) is 0 Å². The lowest BCUT2D eigenvalue weighted by Crippen LogP contribution is -2.43. The standard InChI is InChI=1S/C20H19NO2/c1-2-17-18(20(23)19(17)22)21(13-15-9-5-3-6-10-15)14-16-11-7-4-8-12-16/h3-12H,2,13-14H2,1H3. The van der Waals surface area contributed by atoms with Crippen LogP contribution in [0.4, 0.5) is 5.69 Å². The van der Waals surface area contributed by atoms with Gasteiger partial charge in [-0.3, -0.25) is 9.59 Å². The summed E-state index contributed by atoms with van der Waals surface area (Å²) in [6.45, 7) is 3.16. The van der Waals surface area contributed by atoms with Crippen molar-refractivity contribution in [3.63, 3.8) is 0 Å². The van der Waals surface area contributed by atoms with E-state index in [0.29, 0.717) is 30.8 Å². The Kier molecular flexibility index (Phi) is 4.38. The molecule has 0 aliphatic heterocycles. The smallest absolute Gasteiger partial charge is 0.249 e. The lowest BCUT2D eigenvalue weighted by Gasteiger charge is -2.27. The molecule has 0 aliphatic carbocycles. The van der Waals surface area contributed by atoms with Gasteiger partial charge < -0.3 is 4.90 Å². The summed E-state index contributed by atoms with van der Waals surface area (Å²) < 4.78 is 0. The van der Waals surface area contributed by atoms with Gasteiger partial charge in [0.2, 0.25) is 10.9 Å². The van der Waals surface area contributed by atoms with Crippen molar-refractivity contribution in [2.45, 2.75) is 26.4 Å². The fourth-order valence-corrected chi connectivity index (χ4v) is 2.91. The molecule has 0 amide bonds. The Morgan fingerprint density at radius 2 is 1.22 bits per heavy atom. The van der Waals surface area contributed by atoms with Gasteiger partial charge in [0.1, 0.15) is 0 Å². The summed E-state index contributed by atoms with van der Waals surface area (Å²) >= 11 is 0. The van der Waals surface area contributed by atoms with Crippen molar-refractivity contribution in [2.24, 2.45) is 0 Å². The first-order chi connectivity index (χ1) is 11.2. The Hall–Kier alpha value is -2.68. The first-order valence-corrected chi connectivity index (χ1v) is 7.85. The Morgan fingerprint density at radius 1 is 0.739 bits per heavy atom. The van der Waals surface area contributed by atoms with Gasteiger partial charge in [-0.1, -0.05) is 67.6 Å². The van der Waals surface area contributed by atoms with E-state index < -0.39 is 0 Å². The average Bonchev–Trinajstić information content (AvgIpc) is 2.60. The number of benzene rings is 2. The molecule has 0 unspecified atom stereocenters. The van der Waals surface area contributed by atoms with E-state index in [4.69, 9.17) is 0 Å². The van der Waals surface area contributed by atoms with E-state index in [9.17, 15) is 9.59 Å². The van der Waals surface area contributed by atoms with Crippen LogP contribution in [-0.4, -0.2) is 0 Å². The van der Waals surface area contributed by atoms with E-state index in [1.807, 2.05) is 72.5 Å². The average molecular weight is 305 g/mol.